The molecule has 2 rings (SSSR count). The number of nitrogens with zero attached hydrogens (tertiary/aromatic N) is 2. The highest BCUT2D eigenvalue weighted by Crippen LogP contribution is 2.27. The fourth-order valence-corrected chi connectivity index (χ4v) is 4.46. The van der Waals surface area contributed by atoms with Crippen LogP contribution in [0.25, 0.3) is 0 Å². The molecule has 0 aliphatic carbocycles. The molecule has 0 spiro atoms. The van der Waals surface area contributed by atoms with Crippen LogP contribution in [0.4, 0.5) is 0 Å². The van der Waals surface area contributed by atoms with Crippen LogP contribution in [0.3, 0.4) is 0 Å². The van der Waals surface area contributed by atoms with E-state index in [1.165, 1.54) is 34.5 Å². The highest BCUT2D eigenvalue weighted by molar-refractivity contribution is 7.98. The third kappa shape index (κ3) is 3.53. The summed E-state index contributed by atoms with van der Waals surface area (Å²) in [5, 5.41) is 0. The van der Waals surface area contributed by atoms with Crippen LogP contribution in [0.1, 0.15) is 23.2 Å². The monoisotopic (exact) mass is 342 g/mol. The molecular formula is C15H22N2O3S2. The van der Waals surface area contributed by atoms with E-state index in [1.807, 2.05) is 30.5 Å². The van der Waals surface area contributed by atoms with Crippen molar-refractivity contribution in [1.29, 1.82) is 0 Å². The number of piperidine rings is 1. The van der Waals surface area contributed by atoms with Crippen molar-refractivity contribution in [2.75, 3.05) is 33.4 Å². The summed E-state index contributed by atoms with van der Waals surface area (Å²) in [5.41, 5.74) is 0.698. The predicted molar refractivity (Wildman–Crippen MR) is 89.5 cm³/mol. The van der Waals surface area contributed by atoms with Gasteiger partial charge in [0.15, 0.2) is 5.78 Å². The van der Waals surface area contributed by atoms with Crippen LogP contribution in [0.5, 0.6) is 0 Å². The molecular weight excluding hydrogens is 320 g/mol. The minimum atomic E-state index is -3.46. The van der Waals surface area contributed by atoms with Crippen molar-refractivity contribution in [3.8, 4) is 0 Å². The molecule has 1 atom stereocenters. The highest BCUT2D eigenvalue weighted by Gasteiger charge is 2.34. The molecule has 1 aromatic rings. The summed E-state index contributed by atoms with van der Waals surface area (Å²) in [6.45, 7) is 0.747. The number of hydrogen-bond acceptors (Lipinski definition) is 4. The maximum atomic E-state index is 12.8. The third-order valence-corrected chi connectivity index (χ3v) is 6.62. The van der Waals surface area contributed by atoms with Crippen molar-refractivity contribution < 1.29 is 13.2 Å². The maximum Gasteiger partial charge on any atom is 0.281 e. The van der Waals surface area contributed by atoms with E-state index in [9.17, 15) is 13.2 Å². The number of rotatable bonds is 5. The van der Waals surface area contributed by atoms with Gasteiger partial charge in [0.25, 0.3) is 10.2 Å². The number of thioether (sulfide) groups is 1. The molecule has 0 aromatic heterocycles. The molecule has 0 amide bonds. The zero-order chi connectivity index (χ0) is 16.3. The Balaban J connectivity index is 2.21. The average Bonchev–Trinajstić information content (AvgIpc) is 2.54. The van der Waals surface area contributed by atoms with Gasteiger partial charge in [-0.15, -0.1) is 11.8 Å². The van der Waals surface area contributed by atoms with Gasteiger partial charge >= 0.3 is 0 Å². The maximum absolute atomic E-state index is 12.8. The third-order valence-electron chi connectivity index (χ3n) is 3.92. The Morgan fingerprint density at radius 3 is 2.64 bits per heavy atom. The van der Waals surface area contributed by atoms with Crippen LogP contribution in [0, 0.1) is 5.92 Å². The first-order valence-electron chi connectivity index (χ1n) is 7.22. The van der Waals surface area contributed by atoms with Gasteiger partial charge in [0.2, 0.25) is 0 Å². The zero-order valence-electron chi connectivity index (χ0n) is 13.2. The number of benzene rings is 1. The standard InChI is InChI=1S/C15H22N2O3S2/c1-16(2)22(19,20)17-10-6-7-12(11-17)15(18)13-8-4-5-9-14(13)21-3/h4-5,8-9,12H,6-7,10-11H2,1-3H3/t12-/m1/s1. The molecule has 1 aliphatic heterocycles. The van der Waals surface area contributed by atoms with E-state index in [1.54, 1.807) is 0 Å². The Hall–Kier alpha value is -0.890. The molecule has 5 nitrogen and oxygen atoms in total. The summed E-state index contributed by atoms with van der Waals surface area (Å²) in [6.07, 6.45) is 3.39. The van der Waals surface area contributed by atoms with Gasteiger partial charge in [0.05, 0.1) is 0 Å². The van der Waals surface area contributed by atoms with Gasteiger partial charge in [-0.25, -0.2) is 0 Å². The number of carbonyl (C=O) groups excluding carboxylic acids is 1. The van der Waals surface area contributed by atoms with Crippen molar-refractivity contribution >= 4 is 27.8 Å². The fourth-order valence-electron chi connectivity index (χ4n) is 2.67. The lowest BCUT2D eigenvalue weighted by atomic mass is 9.91. The lowest BCUT2D eigenvalue weighted by Crippen LogP contribution is -2.47. The van der Waals surface area contributed by atoms with Crippen LogP contribution in [-0.4, -0.2) is 56.3 Å². The molecule has 1 fully saturated rings. The summed E-state index contributed by atoms with van der Waals surface area (Å²) < 4.78 is 27.1. The summed E-state index contributed by atoms with van der Waals surface area (Å²) in [5.74, 6) is -0.222. The topological polar surface area (TPSA) is 57.7 Å². The average molecular weight is 342 g/mol. The number of carbonyl (C=O) groups is 1. The molecule has 7 heteroatoms. The minimum Gasteiger partial charge on any atom is -0.294 e. The molecule has 0 N–H and O–H groups in total. The van der Waals surface area contributed by atoms with Gasteiger partial charge in [0.1, 0.15) is 0 Å². The summed E-state index contributed by atoms with van der Waals surface area (Å²) >= 11 is 1.54. The first-order chi connectivity index (χ1) is 10.4. The van der Waals surface area contributed by atoms with Gasteiger partial charge in [-0.2, -0.15) is 17.0 Å². The second-order valence-corrected chi connectivity index (χ2v) is 8.54. The van der Waals surface area contributed by atoms with E-state index in [-0.39, 0.29) is 18.2 Å². The molecule has 1 aliphatic rings. The molecule has 0 saturated carbocycles. The Labute approximate surface area is 136 Å². The molecule has 0 radical (unpaired) electrons. The van der Waals surface area contributed by atoms with E-state index in [4.69, 9.17) is 0 Å². The predicted octanol–water partition coefficient (Wildman–Crippen LogP) is 2.11. The lowest BCUT2D eigenvalue weighted by molar-refractivity contribution is 0.0867. The first kappa shape index (κ1) is 17.5. The van der Waals surface area contributed by atoms with Crippen molar-refractivity contribution in [2.45, 2.75) is 17.7 Å². The number of Topliss-reactive ketones (excluding diaryl/α,β-unsaturated/α-hetero) is 1. The molecule has 22 heavy (non-hydrogen) atoms. The van der Waals surface area contributed by atoms with Crippen molar-refractivity contribution in [1.82, 2.24) is 8.61 Å². The van der Waals surface area contributed by atoms with Crippen molar-refractivity contribution in [3.63, 3.8) is 0 Å². The number of ketones is 1. The summed E-state index contributed by atoms with van der Waals surface area (Å²) in [4.78, 5) is 13.7. The number of hydrogen-bond donors (Lipinski definition) is 0. The highest BCUT2D eigenvalue weighted by atomic mass is 32.2. The van der Waals surface area contributed by atoms with Crippen LogP contribution in [-0.2, 0) is 10.2 Å². The van der Waals surface area contributed by atoms with Crippen LogP contribution < -0.4 is 0 Å². The largest absolute Gasteiger partial charge is 0.294 e. The lowest BCUT2D eigenvalue weighted by Gasteiger charge is -2.33. The van der Waals surface area contributed by atoms with E-state index in [0.717, 1.165) is 11.3 Å². The Morgan fingerprint density at radius 2 is 2.00 bits per heavy atom. The molecule has 0 bridgehead atoms. The zero-order valence-corrected chi connectivity index (χ0v) is 14.8. The van der Waals surface area contributed by atoms with E-state index < -0.39 is 10.2 Å². The van der Waals surface area contributed by atoms with Gasteiger partial charge < -0.3 is 0 Å². The normalized spacial score (nSPS) is 20.3. The van der Waals surface area contributed by atoms with Crippen LogP contribution >= 0.6 is 11.8 Å². The fraction of sp³-hybridized carbons (Fsp3) is 0.533. The van der Waals surface area contributed by atoms with Crippen LogP contribution in [0.15, 0.2) is 29.2 Å². The van der Waals surface area contributed by atoms with Gasteiger partial charge in [-0.05, 0) is 25.2 Å². The SMILES string of the molecule is CSc1ccccc1C(=O)[C@@H]1CCCN(S(=O)(=O)N(C)C)C1. The van der Waals surface area contributed by atoms with Crippen LogP contribution in [0.2, 0.25) is 0 Å². The molecule has 122 valence electrons. The molecule has 1 saturated heterocycles. The van der Waals surface area contributed by atoms with Gasteiger partial charge in [-0.1, -0.05) is 18.2 Å². The Bertz CT molecular complexity index is 644. The summed E-state index contributed by atoms with van der Waals surface area (Å²) in [7, 11) is -0.420. The van der Waals surface area contributed by atoms with Gasteiger partial charge in [-0.3, -0.25) is 4.79 Å². The summed E-state index contributed by atoms with van der Waals surface area (Å²) in [6, 6.07) is 7.51. The minimum absolute atomic E-state index is 0.0450. The van der Waals surface area contributed by atoms with E-state index in [0.29, 0.717) is 18.5 Å². The van der Waals surface area contributed by atoms with Crippen molar-refractivity contribution in [3.05, 3.63) is 29.8 Å². The molecule has 1 aromatic carbocycles. The Kier molecular flexibility index (Phi) is 5.65. The van der Waals surface area contributed by atoms with E-state index >= 15 is 0 Å². The van der Waals surface area contributed by atoms with E-state index in [2.05, 4.69) is 0 Å². The smallest absolute Gasteiger partial charge is 0.281 e. The Morgan fingerprint density at radius 1 is 1.32 bits per heavy atom. The van der Waals surface area contributed by atoms with Gasteiger partial charge in [0, 0.05) is 43.6 Å². The molecule has 0 unspecified atom stereocenters. The second kappa shape index (κ2) is 7.12. The quantitative estimate of drug-likeness (QED) is 0.607. The first-order valence-corrected chi connectivity index (χ1v) is 9.85. The second-order valence-electron chi connectivity index (χ2n) is 5.55. The molecule has 1 heterocycles. The van der Waals surface area contributed by atoms with Crippen molar-refractivity contribution in [2.24, 2.45) is 5.92 Å².